The van der Waals surface area contributed by atoms with Gasteiger partial charge in [-0.25, -0.2) is 0 Å². The Balaban J connectivity index is 1.66. The Morgan fingerprint density at radius 3 is 2.03 bits per heavy atom. The molecule has 0 bridgehead atoms. The average Bonchev–Trinajstić information content (AvgIpc) is 3.32. The SMILES string of the molecule is COc1cc(-c2n[se]nc2-c2cccc(OCc3ccccc3)c2)cc(OC)c1OC. The molecular formula is C24H22N2O4Se. The van der Waals surface area contributed by atoms with E-state index in [0.29, 0.717) is 23.9 Å². The predicted octanol–water partition coefficient (Wildman–Crippen LogP) is 4.47. The summed E-state index contributed by atoms with van der Waals surface area (Å²) in [5.74, 6) is 2.50. The standard InChI is InChI=1S/C24H22N2O4Se/c1-27-20-13-18(14-21(28-2)24(20)29-3)23-22(25-31-26-23)17-10-7-11-19(12-17)30-15-16-8-5-4-6-9-16/h4-14H,15H2,1-3H3. The summed E-state index contributed by atoms with van der Waals surface area (Å²) in [6.45, 7) is 0.508. The van der Waals surface area contributed by atoms with E-state index >= 15 is 0 Å². The molecule has 0 fully saturated rings. The third-order valence-electron chi connectivity index (χ3n) is 4.78. The normalized spacial score (nSPS) is 10.5. The fraction of sp³-hybridized carbons (Fsp3) is 0.167. The number of hydrogen-bond donors (Lipinski definition) is 0. The summed E-state index contributed by atoms with van der Waals surface area (Å²) in [6.07, 6.45) is 0. The summed E-state index contributed by atoms with van der Waals surface area (Å²) in [6, 6.07) is 21.8. The Morgan fingerprint density at radius 2 is 1.39 bits per heavy atom. The van der Waals surface area contributed by atoms with E-state index in [4.69, 9.17) is 18.9 Å². The van der Waals surface area contributed by atoms with Gasteiger partial charge in [-0.3, -0.25) is 0 Å². The van der Waals surface area contributed by atoms with Crippen LogP contribution in [0.5, 0.6) is 23.0 Å². The van der Waals surface area contributed by atoms with Crippen LogP contribution in [0, 0.1) is 0 Å². The van der Waals surface area contributed by atoms with Crippen LogP contribution in [0.3, 0.4) is 0 Å². The van der Waals surface area contributed by atoms with Crippen molar-refractivity contribution in [3.8, 4) is 45.5 Å². The molecule has 0 aliphatic heterocycles. The van der Waals surface area contributed by atoms with E-state index in [0.717, 1.165) is 33.8 Å². The number of methoxy groups -OCH3 is 3. The van der Waals surface area contributed by atoms with E-state index in [2.05, 4.69) is 7.96 Å². The molecule has 0 amide bonds. The molecule has 0 radical (unpaired) electrons. The van der Waals surface area contributed by atoms with Crippen LogP contribution in [0.25, 0.3) is 22.5 Å². The molecule has 158 valence electrons. The molecule has 0 unspecified atom stereocenters. The molecule has 0 spiro atoms. The number of hydrogen-bond acceptors (Lipinski definition) is 6. The van der Waals surface area contributed by atoms with Crippen LogP contribution in [0.1, 0.15) is 5.56 Å². The molecule has 4 rings (SSSR count). The van der Waals surface area contributed by atoms with Gasteiger partial charge in [-0.15, -0.1) is 0 Å². The zero-order valence-corrected chi connectivity index (χ0v) is 19.2. The zero-order chi connectivity index (χ0) is 21.6. The summed E-state index contributed by atoms with van der Waals surface area (Å²) in [5, 5.41) is 0. The molecule has 3 aromatic carbocycles. The molecular weight excluding hydrogens is 459 g/mol. The molecule has 4 aromatic rings. The van der Waals surface area contributed by atoms with E-state index in [9.17, 15) is 0 Å². The molecule has 31 heavy (non-hydrogen) atoms. The molecule has 1 aromatic heterocycles. The number of aromatic nitrogens is 2. The molecule has 0 saturated carbocycles. The van der Waals surface area contributed by atoms with Crippen molar-refractivity contribution in [1.82, 2.24) is 7.96 Å². The van der Waals surface area contributed by atoms with Gasteiger partial charge < -0.3 is 0 Å². The second-order valence-electron chi connectivity index (χ2n) is 6.68. The first-order chi connectivity index (χ1) is 15.2. The third kappa shape index (κ3) is 4.58. The van der Waals surface area contributed by atoms with Crippen molar-refractivity contribution in [3.63, 3.8) is 0 Å². The van der Waals surface area contributed by atoms with Crippen LogP contribution in [-0.2, 0) is 6.61 Å². The summed E-state index contributed by atoms with van der Waals surface area (Å²) >= 11 is -0.216. The Bertz CT molecular complexity index is 1140. The first-order valence-corrected chi connectivity index (χ1v) is 11.2. The van der Waals surface area contributed by atoms with Crippen LogP contribution in [0.15, 0.2) is 66.7 Å². The van der Waals surface area contributed by atoms with Crippen molar-refractivity contribution >= 4 is 15.0 Å². The van der Waals surface area contributed by atoms with Crippen LogP contribution < -0.4 is 18.9 Å². The van der Waals surface area contributed by atoms with Crippen molar-refractivity contribution in [1.29, 1.82) is 0 Å². The third-order valence-corrected chi connectivity index (χ3v) is 5.89. The Kier molecular flexibility index (Phi) is 6.55. The molecule has 6 nitrogen and oxygen atoms in total. The fourth-order valence-electron chi connectivity index (χ4n) is 3.26. The molecule has 0 saturated heterocycles. The van der Waals surface area contributed by atoms with Crippen molar-refractivity contribution in [2.45, 2.75) is 6.61 Å². The van der Waals surface area contributed by atoms with E-state index in [1.54, 1.807) is 21.3 Å². The molecule has 0 atom stereocenters. The molecule has 0 aliphatic rings. The van der Waals surface area contributed by atoms with Gasteiger partial charge in [-0.05, 0) is 0 Å². The average molecular weight is 481 g/mol. The van der Waals surface area contributed by atoms with Gasteiger partial charge in [0.05, 0.1) is 0 Å². The molecule has 1 heterocycles. The Morgan fingerprint density at radius 1 is 0.710 bits per heavy atom. The Labute approximate surface area is 187 Å². The van der Waals surface area contributed by atoms with Crippen molar-refractivity contribution in [2.24, 2.45) is 0 Å². The van der Waals surface area contributed by atoms with Gasteiger partial charge >= 0.3 is 188 Å². The minimum absolute atomic E-state index is 0.216. The number of benzene rings is 3. The zero-order valence-electron chi connectivity index (χ0n) is 17.5. The van der Waals surface area contributed by atoms with Gasteiger partial charge in [-0.2, -0.15) is 0 Å². The van der Waals surface area contributed by atoms with E-state index in [1.807, 2.05) is 66.7 Å². The fourth-order valence-corrected chi connectivity index (χ4v) is 4.49. The summed E-state index contributed by atoms with van der Waals surface area (Å²) in [5.41, 5.74) is 4.58. The second-order valence-corrected chi connectivity index (χ2v) is 7.79. The molecule has 0 N–H and O–H groups in total. The Hall–Kier alpha value is -3.28. The summed E-state index contributed by atoms with van der Waals surface area (Å²) in [7, 11) is 4.79. The van der Waals surface area contributed by atoms with Crippen LogP contribution in [0.4, 0.5) is 0 Å². The monoisotopic (exact) mass is 482 g/mol. The van der Waals surface area contributed by atoms with Crippen LogP contribution >= 0.6 is 0 Å². The van der Waals surface area contributed by atoms with E-state index in [-0.39, 0.29) is 15.0 Å². The van der Waals surface area contributed by atoms with Gasteiger partial charge in [0, 0.05) is 0 Å². The van der Waals surface area contributed by atoms with Gasteiger partial charge in [0.2, 0.25) is 0 Å². The van der Waals surface area contributed by atoms with Gasteiger partial charge in [0.1, 0.15) is 0 Å². The molecule has 7 heteroatoms. The summed E-state index contributed by atoms with van der Waals surface area (Å²) < 4.78 is 31.8. The van der Waals surface area contributed by atoms with E-state index < -0.39 is 0 Å². The predicted molar refractivity (Wildman–Crippen MR) is 120 cm³/mol. The topological polar surface area (TPSA) is 62.7 Å². The summed E-state index contributed by atoms with van der Waals surface area (Å²) in [4.78, 5) is 0. The number of nitrogens with zero attached hydrogens (tertiary/aromatic N) is 2. The van der Waals surface area contributed by atoms with Gasteiger partial charge in [-0.1, -0.05) is 0 Å². The van der Waals surface area contributed by atoms with Crippen LogP contribution in [0.2, 0.25) is 0 Å². The number of ether oxygens (including phenoxy) is 4. The van der Waals surface area contributed by atoms with Crippen molar-refractivity contribution in [3.05, 3.63) is 72.3 Å². The maximum atomic E-state index is 5.99. The van der Waals surface area contributed by atoms with Crippen molar-refractivity contribution < 1.29 is 18.9 Å². The second kappa shape index (κ2) is 9.69. The minimum atomic E-state index is -0.216. The first-order valence-electron chi connectivity index (χ1n) is 9.63. The maximum absolute atomic E-state index is 5.99. The first kappa shape index (κ1) is 21.0. The van der Waals surface area contributed by atoms with Crippen LogP contribution in [-0.4, -0.2) is 44.2 Å². The van der Waals surface area contributed by atoms with Crippen molar-refractivity contribution in [2.75, 3.05) is 21.3 Å². The van der Waals surface area contributed by atoms with Gasteiger partial charge in [0.15, 0.2) is 0 Å². The van der Waals surface area contributed by atoms with Gasteiger partial charge in [0.25, 0.3) is 0 Å². The quantitative estimate of drug-likeness (QED) is 0.346. The van der Waals surface area contributed by atoms with E-state index in [1.165, 1.54) is 0 Å². The molecule has 0 aliphatic carbocycles. The number of rotatable bonds is 8.